The molecule has 1 aromatic carbocycles. The average Bonchev–Trinajstić information content (AvgIpc) is 2.49. The van der Waals surface area contributed by atoms with Gasteiger partial charge in [-0.3, -0.25) is 0 Å². The molecule has 0 atom stereocenters. The fourth-order valence-electron chi connectivity index (χ4n) is 2.08. The number of hydrogen-bond acceptors (Lipinski definition) is 3. The van der Waals surface area contributed by atoms with Gasteiger partial charge in [0, 0.05) is 24.1 Å². The number of aryl methyl sites for hydroxylation is 1. The van der Waals surface area contributed by atoms with Gasteiger partial charge < -0.3 is 5.32 Å². The van der Waals surface area contributed by atoms with Crippen LogP contribution in [0.5, 0.6) is 0 Å². The van der Waals surface area contributed by atoms with Gasteiger partial charge in [0.05, 0.1) is 5.69 Å². The first kappa shape index (κ1) is 15.4. The first-order valence-corrected chi connectivity index (χ1v) is 7.13. The van der Waals surface area contributed by atoms with Crippen molar-refractivity contribution in [3.8, 4) is 11.3 Å². The van der Waals surface area contributed by atoms with E-state index in [-0.39, 0.29) is 5.56 Å². The Hall–Kier alpha value is -2.04. The van der Waals surface area contributed by atoms with Gasteiger partial charge in [0.2, 0.25) is 0 Å². The summed E-state index contributed by atoms with van der Waals surface area (Å²) in [5.74, 6) is 0.326. The third-order valence-corrected chi connectivity index (χ3v) is 3.23. The van der Waals surface area contributed by atoms with E-state index in [1.54, 1.807) is 0 Å². The van der Waals surface area contributed by atoms with Crippen LogP contribution in [-0.4, -0.2) is 16.5 Å². The maximum atomic E-state index is 14.0. The fraction of sp³-hybridized carbons (Fsp3) is 0.375. The van der Waals surface area contributed by atoms with Gasteiger partial charge in [0.25, 0.3) is 0 Å². The van der Waals surface area contributed by atoms with E-state index in [1.807, 2.05) is 13.8 Å². The summed E-state index contributed by atoms with van der Waals surface area (Å²) in [7, 11) is 0. The summed E-state index contributed by atoms with van der Waals surface area (Å²) in [5.41, 5.74) is 1.34. The average molecular weight is 291 g/mol. The Morgan fingerprint density at radius 1 is 1.14 bits per heavy atom. The second-order valence-electron chi connectivity index (χ2n) is 4.87. The predicted octanol–water partition coefficient (Wildman–Crippen LogP) is 4.11. The minimum atomic E-state index is -0.485. The highest BCUT2D eigenvalue weighted by atomic mass is 19.1. The SMILES string of the molecule is CCCNc1nc(CC)nc(-c2cc(F)ccc2F)c1C. The van der Waals surface area contributed by atoms with Gasteiger partial charge in [-0.15, -0.1) is 0 Å². The zero-order valence-corrected chi connectivity index (χ0v) is 12.5. The predicted molar refractivity (Wildman–Crippen MR) is 80.3 cm³/mol. The minimum absolute atomic E-state index is 0.171. The van der Waals surface area contributed by atoms with E-state index in [9.17, 15) is 8.78 Å². The summed E-state index contributed by atoms with van der Waals surface area (Å²) in [5, 5.41) is 3.21. The molecule has 1 aromatic heterocycles. The van der Waals surface area contributed by atoms with Crippen LogP contribution in [0.2, 0.25) is 0 Å². The third kappa shape index (κ3) is 3.35. The molecule has 2 aromatic rings. The van der Waals surface area contributed by atoms with Crippen molar-refractivity contribution in [1.82, 2.24) is 9.97 Å². The highest BCUT2D eigenvalue weighted by molar-refractivity contribution is 5.68. The lowest BCUT2D eigenvalue weighted by Gasteiger charge is -2.14. The van der Waals surface area contributed by atoms with Gasteiger partial charge in [-0.05, 0) is 31.5 Å². The van der Waals surface area contributed by atoms with E-state index < -0.39 is 11.6 Å². The molecule has 0 saturated carbocycles. The first-order chi connectivity index (χ1) is 10.1. The van der Waals surface area contributed by atoms with Crippen molar-refractivity contribution in [2.75, 3.05) is 11.9 Å². The largest absolute Gasteiger partial charge is 0.370 e. The Morgan fingerprint density at radius 3 is 2.57 bits per heavy atom. The molecule has 0 radical (unpaired) electrons. The maximum Gasteiger partial charge on any atom is 0.133 e. The molecule has 3 nitrogen and oxygen atoms in total. The van der Waals surface area contributed by atoms with Crippen LogP contribution in [-0.2, 0) is 6.42 Å². The summed E-state index contributed by atoms with van der Waals surface area (Å²) < 4.78 is 27.4. The quantitative estimate of drug-likeness (QED) is 0.900. The Labute approximate surface area is 123 Å². The second kappa shape index (κ2) is 6.61. The smallest absolute Gasteiger partial charge is 0.133 e. The Morgan fingerprint density at radius 2 is 1.90 bits per heavy atom. The first-order valence-electron chi connectivity index (χ1n) is 7.13. The van der Waals surface area contributed by atoms with E-state index in [0.717, 1.165) is 30.7 Å². The van der Waals surface area contributed by atoms with Crippen molar-refractivity contribution in [2.24, 2.45) is 0 Å². The lowest BCUT2D eigenvalue weighted by Crippen LogP contribution is -2.09. The van der Waals surface area contributed by atoms with E-state index in [0.29, 0.717) is 23.8 Å². The fourth-order valence-corrected chi connectivity index (χ4v) is 2.08. The lowest BCUT2D eigenvalue weighted by atomic mass is 10.1. The summed E-state index contributed by atoms with van der Waals surface area (Å²) in [6.07, 6.45) is 1.58. The van der Waals surface area contributed by atoms with Crippen molar-refractivity contribution in [1.29, 1.82) is 0 Å². The zero-order valence-electron chi connectivity index (χ0n) is 12.5. The Balaban J connectivity index is 2.58. The molecule has 0 spiro atoms. The second-order valence-corrected chi connectivity index (χ2v) is 4.87. The van der Waals surface area contributed by atoms with Crippen molar-refractivity contribution in [3.63, 3.8) is 0 Å². The van der Waals surface area contributed by atoms with Crippen molar-refractivity contribution < 1.29 is 8.78 Å². The number of rotatable bonds is 5. The van der Waals surface area contributed by atoms with Crippen LogP contribution in [0.3, 0.4) is 0 Å². The van der Waals surface area contributed by atoms with Crippen LogP contribution < -0.4 is 5.32 Å². The zero-order chi connectivity index (χ0) is 15.4. The number of anilines is 1. The molecule has 1 N–H and O–H groups in total. The number of aromatic nitrogens is 2. The van der Waals surface area contributed by atoms with Gasteiger partial charge in [0.1, 0.15) is 23.3 Å². The van der Waals surface area contributed by atoms with Crippen molar-refractivity contribution in [2.45, 2.75) is 33.6 Å². The Bertz CT molecular complexity index is 642. The number of nitrogens with zero attached hydrogens (tertiary/aromatic N) is 2. The molecule has 0 amide bonds. The number of halogens is 2. The summed E-state index contributed by atoms with van der Waals surface area (Å²) in [4.78, 5) is 8.80. The molecule has 2 rings (SSSR count). The van der Waals surface area contributed by atoms with Crippen LogP contribution in [0.1, 0.15) is 31.7 Å². The van der Waals surface area contributed by atoms with Crippen molar-refractivity contribution in [3.05, 3.63) is 41.2 Å². The minimum Gasteiger partial charge on any atom is -0.370 e. The topological polar surface area (TPSA) is 37.8 Å². The van der Waals surface area contributed by atoms with E-state index in [4.69, 9.17) is 0 Å². The summed E-state index contributed by atoms with van der Waals surface area (Å²) in [6.45, 7) is 6.57. The molecular weight excluding hydrogens is 272 g/mol. The number of hydrogen-bond donors (Lipinski definition) is 1. The van der Waals surface area contributed by atoms with Gasteiger partial charge >= 0.3 is 0 Å². The summed E-state index contributed by atoms with van der Waals surface area (Å²) >= 11 is 0. The molecule has 0 aliphatic carbocycles. The van der Waals surface area contributed by atoms with Gasteiger partial charge in [-0.25, -0.2) is 18.7 Å². The normalized spacial score (nSPS) is 10.7. The molecule has 112 valence electrons. The Kier molecular flexibility index (Phi) is 4.83. The number of nitrogens with one attached hydrogen (secondary N) is 1. The van der Waals surface area contributed by atoms with Crippen LogP contribution >= 0.6 is 0 Å². The van der Waals surface area contributed by atoms with Gasteiger partial charge in [0.15, 0.2) is 0 Å². The molecule has 21 heavy (non-hydrogen) atoms. The molecule has 0 saturated heterocycles. The summed E-state index contributed by atoms with van der Waals surface area (Å²) in [6, 6.07) is 3.40. The highest BCUT2D eigenvalue weighted by Crippen LogP contribution is 2.28. The third-order valence-electron chi connectivity index (χ3n) is 3.23. The molecule has 0 aliphatic heterocycles. The monoisotopic (exact) mass is 291 g/mol. The standard InChI is InChI=1S/C16H19F2N3/c1-4-8-19-16-10(3)15(20-14(5-2)21-16)12-9-11(17)6-7-13(12)18/h6-7,9H,4-5,8H2,1-3H3,(H,19,20,21). The molecule has 1 heterocycles. The molecule has 5 heteroatoms. The molecular formula is C16H19F2N3. The molecule has 0 aliphatic rings. The highest BCUT2D eigenvalue weighted by Gasteiger charge is 2.15. The van der Waals surface area contributed by atoms with Crippen molar-refractivity contribution >= 4 is 5.82 Å². The van der Waals surface area contributed by atoms with Gasteiger partial charge in [-0.1, -0.05) is 13.8 Å². The van der Waals surface area contributed by atoms with Crippen LogP contribution in [0.15, 0.2) is 18.2 Å². The van der Waals surface area contributed by atoms with Gasteiger partial charge in [-0.2, -0.15) is 0 Å². The van der Waals surface area contributed by atoms with Crippen LogP contribution in [0, 0.1) is 18.6 Å². The van der Waals surface area contributed by atoms with Crippen LogP contribution in [0.4, 0.5) is 14.6 Å². The maximum absolute atomic E-state index is 14.0. The van der Waals surface area contributed by atoms with E-state index >= 15 is 0 Å². The molecule has 0 fully saturated rings. The lowest BCUT2D eigenvalue weighted by molar-refractivity contribution is 0.602. The van der Waals surface area contributed by atoms with E-state index in [1.165, 1.54) is 6.07 Å². The van der Waals surface area contributed by atoms with Crippen LogP contribution in [0.25, 0.3) is 11.3 Å². The number of benzene rings is 1. The molecule has 0 bridgehead atoms. The van der Waals surface area contributed by atoms with E-state index in [2.05, 4.69) is 22.2 Å². The molecule has 0 unspecified atom stereocenters.